The number of nitrogens with two attached hydrogens (primary N) is 1. The van der Waals surface area contributed by atoms with Gasteiger partial charge in [0, 0.05) is 65.3 Å². The Morgan fingerprint density at radius 1 is 0.916 bits per heavy atom. The van der Waals surface area contributed by atoms with E-state index in [-0.39, 0.29) is 67.4 Å². The SMILES string of the molecule is CC(=O)NC[C@H]1CN(c2ccc(N3CCOCC3)c(F)c2)C(=O)O1.COc1nc2ccc(Br)cc2cc1[C@@H](c1ccccc1)[C@@](O)(CCN(C)C)c1cccc2ccccc12.NC(=O)c1cnccn1.O=[N+]([O-])c1cn2c(n1)OC[C@@H](OCc1ccc(OC(F)(F)F)cc1)C2. The van der Waals surface area contributed by atoms with Crippen molar-refractivity contribution in [1.29, 1.82) is 0 Å². The largest absolute Gasteiger partial charge is 0.573 e. The summed E-state index contributed by atoms with van der Waals surface area (Å²) in [5, 5.41) is 29.4. The maximum absolute atomic E-state index is 14.4. The van der Waals surface area contributed by atoms with E-state index in [0.717, 1.165) is 42.8 Å². The molecule has 6 aromatic carbocycles. The Morgan fingerprint density at radius 2 is 1.65 bits per heavy atom. The minimum Gasteiger partial charge on any atom is -0.481 e. The molecule has 3 aliphatic rings. The van der Waals surface area contributed by atoms with Crippen LogP contribution < -0.4 is 35.1 Å². The van der Waals surface area contributed by atoms with Gasteiger partial charge in [-0.3, -0.25) is 24.0 Å². The van der Waals surface area contributed by atoms with Gasteiger partial charge >= 0.3 is 24.3 Å². The number of carbonyl (C=O) groups excluding carboxylic acids is 3. The van der Waals surface area contributed by atoms with Gasteiger partial charge in [0.05, 0.1) is 69.7 Å². The maximum Gasteiger partial charge on any atom is 0.573 e. The van der Waals surface area contributed by atoms with Gasteiger partial charge in [0.2, 0.25) is 11.8 Å². The molecule has 4 atom stereocenters. The van der Waals surface area contributed by atoms with Crippen molar-refractivity contribution in [1.82, 2.24) is 34.7 Å². The highest BCUT2D eigenvalue weighted by atomic mass is 79.9. The van der Waals surface area contributed by atoms with Crippen LogP contribution in [0.3, 0.4) is 0 Å². The van der Waals surface area contributed by atoms with Gasteiger partial charge < -0.3 is 64.5 Å². The van der Waals surface area contributed by atoms with Crippen LogP contribution in [0.1, 0.15) is 52.0 Å². The van der Waals surface area contributed by atoms with Gasteiger partial charge in [0.15, 0.2) is 0 Å². The Balaban J connectivity index is 0.000000161. The quantitative estimate of drug-likeness (QED) is 0.0409. The highest BCUT2D eigenvalue weighted by Gasteiger charge is 2.43. The monoisotopic (exact) mass is 1370 g/mol. The number of halogens is 5. The van der Waals surface area contributed by atoms with Crippen molar-refractivity contribution in [3.8, 4) is 17.6 Å². The smallest absolute Gasteiger partial charge is 0.481 e. The van der Waals surface area contributed by atoms with Crippen LogP contribution in [-0.2, 0) is 37.8 Å². The van der Waals surface area contributed by atoms with E-state index in [1.54, 1.807) is 19.2 Å². The summed E-state index contributed by atoms with van der Waals surface area (Å²) in [6.45, 7) is 5.69. The van der Waals surface area contributed by atoms with E-state index in [4.69, 9.17) is 34.4 Å². The van der Waals surface area contributed by atoms with E-state index < -0.39 is 40.9 Å². The fourth-order valence-corrected chi connectivity index (χ4v) is 11.2. The van der Waals surface area contributed by atoms with Gasteiger partial charge in [0.25, 0.3) is 5.91 Å². The molecule has 3 amide bonds. The highest BCUT2D eigenvalue weighted by Crippen LogP contribution is 2.49. The van der Waals surface area contributed by atoms with Crippen molar-refractivity contribution in [2.24, 2.45) is 5.73 Å². The van der Waals surface area contributed by atoms with Crippen LogP contribution in [-0.4, -0.2) is 150 Å². The number of primary amides is 1. The summed E-state index contributed by atoms with van der Waals surface area (Å²) in [4.78, 5) is 64.6. The highest BCUT2D eigenvalue weighted by molar-refractivity contribution is 9.10. The van der Waals surface area contributed by atoms with E-state index in [2.05, 4.69) is 94.4 Å². The van der Waals surface area contributed by atoms with E-state index in [0.29, 0.717) is 68.6 Å². The lowest BCUT2D eigenvalue weighted by Crippen LogP contribution is -2.38. The lowest BCUT2D eigenvalue weighted by Gasteiger charge is -2.39. The van der Waals surface area contributed by atoms with Crippen LogP contribution in [0.5, 0.6) is 17.6 Å². The minimum absolute atomic E-state index is 0.145. The summed E-state index contributed by atoms with van der Waals surface area (Å²) in [5.41, 5.74) is 9.02. The number of nitrogens with one attached hydrogen (secondary N) is 1. The number of rotatable bonds is 18. The van der Waals surface area contributed by atoms with Crippen molar-refractivity contribution in [2.45, 2.75) is 56.6 Å². The molecule has 28 heteroatoms. The molecule has 9 aromatic rings. The molecular weight excluding hydrogens is 1310 g/mol. The molecule has 0 radical (unpaired) electrons. The van der Waals surface area contributed by atoms with Crippen molar-refractivity contribution in [3.05, 3.63) is 213 Å². The van der Waals surface area contributed by atoms with E-state index >= 15 is 0 Å². The zero-order valence-electron chi connectivity index (χ0n) is 52.0. The van der Waals surface area contributed by atoms with Crippen molar-refractivity contribution in [2.75, 3.05) is 83.5 Å². The van der Waals surface area contributed by atoms with Gasteiger partial charge in [-0.25, -0.2) is 19.2 Å². The molecule has 0 spiro atoms. The average Bonchev–Trinajstić information content (AvgIpc) is 1.42. The second-order valence-corrected chi connectivity index (χ2v) is 23.2. The van der Waals surface area contributed by atoms with Crippen LogP contribution in [0.15, 0.2) is 169 Å². The molecular formula is C67H68BrF4N11O12. The predicted molar refractivity (Wildman–Crippen MR) is 348 cm³/mol. The number of ether oxygens (including phenoxy) is 6. The maximum atomic E-state index is 14.4. The van der Waals surface area contributed by atoms with Crippen LogP contribution >= 0.6 is 15.9 Å². The molecule has 6 heterocycles. The molecule has 0 unspecified atom stereocenters. The first-order valence-corrected chi connectivity index (χ1v) is 30.6. The molecule has 2 fully saturated rings. The number of cyclic esters (lactones) is 1. The van der Waals surface area contributed by atoms with Gasteiger partial charge in [-0.2, -0.15) is 0 Å². The number of aliphatic hydroxyl groups is 1. The summed E-state index contributed by atoms with van der Waals surface area (Å²) in [6.07, 6.45) is -0.0848. The van der Waals surface area contributed by atoms with Gasteiger partial charge in [-0.05, 0) is 107 Å². The molecule has 498 valence electrons. The second-order valence-electron chi connectivity index (χ2n) is 22.2. The number of carbonyl (C=O) groups is 3. The first-order valence-electron chi connectivity index (χ1n) is 29.8. The third kappa shape index (κ3) is 18.5. The third-order valence-corrected chi connectivity index (χ3v) is 15.8. The number of anilines is 2. The van der Waals surface area contributed by atoms with Crippen molar-refractivity contribution >= 4 is 72.7 Å². The first-order chi connectivity index (χ1) is 45.5. The summed E-state index contributed by atoms with van der Waals surface area (Å²) in [6, 6.07) is 43.0. The predicted octanol–water partition coefficient (Wildman–Crippen LogP) is 10.5. The molecule has 3 aliphatic heterocycles. The molecule has 0 aliphatic carbocycles. The molecule has 95 heavy (non-hydrogen) atoms. The first kappa shape index (κ1) is 69.5. The normalized spacial score (nSPS) is 16.1. The number of benzene rings is 6. The summed E-state index contributed by atoms with van der Waals surface area (Å²) >= 11 is 3.60. The fraction of sp³-hybridized carbons (Fsp3) is 0.299. The Kier molecular flexibility index (Phi) is 23.3. The number of methoxy groups -OCH3 is 1. The van der Waals surface area contributed by atoms with E-state index in [1.807, 2.05) is 67.5 Å². The zero-order chi connectivity index (χ0) is 67.8. The number of morpholine rings is 1. The molecule has 12 rings (SSSR count). The van der Waals surface area contributed by atoms with Gasteiger partial charge in [-0.1, -0.05) is 101 Å². The zero-order valence-corrected chi connectivity index (χ0v) is 53.6. The molecule has 0 bridgehead atoms. The minimum atomic E-state index is -4.73. The number of alkyl halides is 3. The number of amides is 3. The Hall–Kier alpha value is -9.87. The Morgan fingerprint density at radius 3 is 2.32 bits per heavy atom. The lowest BCUT2D eigenvalue weighted by molar-refractivity contribution is -0.389. The summed E-state index contributed by atoms with van der Waals surface area (Å²) in [7, 11) is 5.73. The third-order valence-electron chi connectivity index (χ3n) is 15.3. The van der Waals surface area contributed by atoms with Crippen LogP contribution in [0.2, 0.25) is 0 Å². The number of nitro groups is 1. The molecule has 0 saturated carbocycles. The number of pyridine rings is 1. The van der Waals surface area contributed by atoms with E-state index in [9.17, 15) is 47.2 Å². The Bertz CT molecular complexity index is 4090. The molecule has 23 nitrogen and oxygen atoms in total. The summed E-state index contributed by atoms with van der Waals surface area (Å²) in [5.74, 6) is -1.65. The number of fused-ring (bicyclic) bond motifs is 3. The van der Waals surface area contributed by atoms with Crippen molar-refractivity contribution < 1.29 is 70.4 Å². The van der Waals surface area contributed by atoms with Crippen LogP contribution in [0.25, 0.3) is 21.7 Å². The number of hydrogen-bond acceptors (Lipinski definition) is 18. The van der Waals surface area contributed by atoms with Crippen LogP contribution in [0, 0.1) is 15.9 Å². The standard InChI is InChI=1S/C32H31BrN2O2.C16H20FN3O4.C14H12F3N3O5.C5H5N3O/c1-35(2)19-18-32(36,28-15-9-13-22-10-7-8-14-26(22)28)30(23-11-5-4-6-12-23)27-21-24-20-25(33)16-17-29(24)34-31(27)37-3;1-11(21)18-9-13-10-20(16(22)24-13)12-2-3-15(14(17)8-12)19-4-6-23-7-5-19;15-14(16,17)25-10-3-1-9(2-4-10)7-23-11-5-19-6-12(20(21)22)18-13(19)24-8-11;6-5(9)4-3-7-1-2-8-4/h4-17,20-21,30,36H,18-19H2,1-3H3;2-3,8,13H,4-7,9-10H2,1H3,(H,18,21);1-4,6,11H,5,7-8H2;1-3H,(H2,6,9)/t30-,32-;13-;11-;/m100./s1. The topological polar surface area (TPSA) is 274 Å². The number of nitrogens with zero attached hydrogens (tertiary/aromatic N) is 9. The number of imidazole rings is 1. The van der Waals surface area contributed by atoms with Crippen LogP contribution in [0.4, 0.5) is 39.5 Å². The molecule has 3 aromatic heterocycles. The number of aromatic nitrogens is 5. The second kappa shape index (κ2) is 31.8. The average molecular weight is 1380 g/mol. The number of hydrogen-bond donors (Lipinski definition) is 3. The van der Waals surface area contributed by atoms with Gasteiger partial charge in [-0.15, -0.1) is 13.2 Å². The summed E-state index contributed by atoms with van der Waals surface area (Å²) < 4.78 is 84.3. The molecule has 4 N–H and O–H groups in total. The fourth-order valence-electron chi connectivity index (χ4n) is 10.8. The van der Waals surface area contributed by atoms with Crippen molar-refractivity contribution in [3.63, 3.8) is 0 Å². The molecule has 2 saturated heterocycles. The van der Waals surface area contributed by atoms with Gasteiger partial charge in [0.1, 0.15) is 47.9 Å². The Labute approximate surface area is 551 Å². The van der Waals surface area contributed by atoms with E-state index in [1.165, 1.54) is 71.5 Å². The lowest BCUT2D eigenvalue weighted by atomic mass is 9.70.